The molecule has 0 unspecified atom stereocenters. The summed E-state index contributed by atoms with van der Waals surface area (Å²) in [4.78, 5) is 0. The van der Waals surface area contributed by atoms with Crippen LogP contribution in [0.2, 0.25) is 0 Å². The largest absolute Gasteiger partial charge is 0.504 e. The van der Waals surface area contributed by atoms with E-state index in [1.54, 1.807) is 7.11 Å². The molecule has 3 rings (SSSR count). The van der Waals surface area contributed by atoms with E-state index in [-0.39, 0.29) is 5.76 Å². The SMILES string of the molecule is COC1=C(O)c2c(B3OC(C)(C)C(C)(C)O3)cccc21. The van der Waals surface area contributed by atoms with Crippen LogP contribution in [0.1, 0.15) is 38.8 Å². The molecule has 0 aromatic heterocycles. The lowest BCUT2D eigenvalue weighted by Crippen LogP contribution is -2.41. The summed E-state index contributed by atoms with van der Waals surface area (Å²) in [5.74, 6) is 0.700. The number of benzene rings is 1. The van der Waals surface area contributed by atoms with Crippen molar-refractivity contribution in [2.24, 2.45) is 0 Å². The van der Waals surface area contributed by atoms with Crippen molar-refractivity contribution in [3.05, 3.63) is 29.3 Å². The maximum atomic E-state index is 10.1. The number of ether oxygens (including phenoxy) is 1. The first-order valence-electron chi connectivity index (χ1n) is 6.75. The molecule has 0 atom stereocenters. The first-order chi connectivity index (χ1) is 9.28. The van der Waals surface area contributed by atoms with E-state index in [9.17, 15) is 5.11 Å². The van der Waals surface area contributed by atoms with Crippen molar-refractivity contribution < 1.29 is 19.2 Å². The average molecular weight is 274 g/mol. The van der Waals surface area contributed by atoms with Crippen molar-refractivity contribution in [3.63, 3.8) is 0 Å². The molecule has 20 heavy (non-hydrogen) atoms. The molecule has 0 spiro atoms. The van der Waals surface area contributed by atoms with Crippen LogP contribution in [0.15, 0.2) is 18.2 Å². The van der Waals surface area contributed by atoms with Gasteiger partial charge in [0, 0.05) is 11.1 Å². The quantitative estimate of drug-likeness (QED) is 0.841. The normalized spacial score (nSPS) is 22.6. The molecule has 0 saturated carbocycles. The topological polar surface area (TPSA) is 47.9 Å². The summed E-state index contributed by atoms with van der Waals surface area (Å²) in [7, 11) is 1.08. The fourth-order valence-electron chi connectivity index (χ4n) is 2.58. The maximum Gasteiger partial charge on any atom is 0.495 e. The Hall–Kier alpha value is -1.46. The third-order valence-electron chi connectivity index (χ3n) is 4.50. The van der Waals surface area contributed by atoms with Gasteiger partial charge in [-0.15, -0.1) is 0 Å². The van der Waals surface area contributed by atoms with Crippen molar-refractivity contribution in [2.75, 3.05) is 7.11 Å². The molecule has 1 aliphatic heterocycles. The number of hydrogen-bond donors (Lipinski definition) is 1. The third-order valence-corrected chi connectivity index (χ3v) is 4.50. The maximum absolute atomic E-state index is 10.1. The molecule has 1 aliphatic carbocycles. The molecule has 1 aromatic carbocycles. The van der Waals surface area contributed by atoms with E-state index < -0.39 is 18.3 Å². The fourth-order valence-corrected chi connectivity index (χ4v) is 2.58. The molecule has 2 aliphatic rings. The Morgan fingerprint density at radius 2 is 1.70 bits per heavy atom. The second-order valence-corrected chi connectivity index (χ2v) is 6.24. The van der Waals surface area contributed by atoms with Crippen LogP contribution in [0, 0.1) is 0 Å². The van der Waals surface area contributed by atoms with E-state index >= 15 is 0 Å². The van der Waals surface area contributed by atoms with E-state index in [0.29, 0.717) is 5.76 Å². The number of aliphatic hydroxyl groups excluding tert-OH is 1. The zero-order valence-corrected chi connectivity index (χ0v) is 12.5. The van der Waals surface area contributed by atoms with Crippen LogP contribution in [0.4, 0.5) is 0 Å². The van der Waals surface area contributed by atoms with E-state index in [2.05, 4.69) is 0 Å². The molecule has 5 heteroatoms. The molecule has 106 valence electrons. The van der Waals surface area contributed by atoms with Crippen LogP contribution in [0.5, 0.6) is 0 Å². The minimum Gasteiger partial charge on any atom is -0.504 e. The highest BCUT2D eigenvalue weighted by Crippen LogP contribution is 2.41. The zero-order chi connectivity index (χ0) is 14.7. The summed E-state index contributed by atoms with van der Waals surface area (Å²) in [6.07, 6.45) is 0. The van der Waals surface area contributed by atoms with Crippen molar-refractivity contribution in [3.8, 4) is 0 Å². The lowest BCUT2D eigenvalue weighted by Gasteiger charge is -2.32. The van der Waals surface area contributed by atoms with Gasteiger partial charge in [0.15, 0.2) is 11.5 Å². The van der Waals surface area contributed by atoms with Crippen LogP contribution >= 0.6 is 0 Å². The summed E-state index contributed by atoms with van der Waals surface area (Å²) in [5, 5.41) is 10.1. The molecule has 0 radical (unpaired) electrons. The van der Waals surface area contributed by atoms with Gasteiger partial charge in [0.2, 0.25) is 0 Å². The van der Waals surface area contributed by atoms with Crippen LogP contribution in [0.3, 0.4) is 0 Å². The fraction of sp³-hybridized carbons (Fsp3) is 0.467. The van der Waals surface area contributed by atoms with Crippen LogP contribution < -0.4 is 5.46 Å². The molecular formula is C15H19BO4. The predicted octanol–water partition coefficient (Wildman–Crippen LogP) is 2.33. The molecule has 1 N–H and O–H groups in total. The van der Waals surface area contributed by atoms with Gasteiger partial charge in [-0.3, -0.25) is 0 Å². The third kappa shape index (κ3) is 1.63. The smallest absolute Gasteiger partial charge is 0.495 e. The highest BCUT2D eigenvalue weighted by Gasteiger charge is 2.53. The van der Waals surface area contributed by atoms with E-state index in [0.717, 1.165) is 16.6 Å². The molecule has 0 amide bonds. The highest BCUT2D eigenvalue weighted by molar-refractivity contribution is 6.63. The van der Waals surface area contributed by atoms with Gasteiger partial charge in [-0.1, -0.05) is 18.2 Å². The van der Waals surface area contributed by atoms with Gasteiger partial charge < -0.3 is 19.2 Å². The minimum atomic E-state index is -0.476. The number of methoxy groups -OCH3 is 1. The number of rotatable bonds is 2. The van der Waals surface area contributed by atoms with E-state index in [4.69, 9.17) is 14.0 Å². The number of aliphatic hydroxyl groups is 1. The Kier molecular flexibility index (Phi) is 2.72. The number of fused-ring (bicyclic) bond motifs is 1. The van der Waals surface area contributed by atoms with E-state index in [1.165, 1.54) is 0 Å². The zero-order valence-electron chi connectivity index (χ0n) is 12.5. The Morgan fingerprint density at radius 1 is 1.10 bits per heavy atom. The van der Waals surface area contributed by atoms with Crippen molar-refractivity contribution in [1.29, 1.82) is 0 Å². The molecule has 0 bridgehead atoms. The summed E-state index contributed by atoms with van der Waals surface area (Å²) >= 11 is 0. The molecule has 1 aromatic rings. The average Bonchev–Trinajstić information content (AvgIpc) is 2.57. The van der Waals surface area contributed by atoms with E-state index in [1.807, 2.05) is 45.9 Å². The van der Waals surface area contributed by atoms with Gasteiger partial charge in [0.1, 0.15) is 0 Å². The van der Waals surface area contributed by atoms with Crippen molar-refractivity contribution in [1.82, 2.24) is 0 Å². The molecule has 1 heterocycles. The van der Waals surface area contributed by atoms with Crippen molar-refractivity contribution in [2.45, 2.75) is 38.9 Å². The monoisotopic (exact) mass is 274 g/mol. The second kappa shape index (κ2) is 4.02. The summed E-state index contributed by atoms with van der Waals surface area (Å²) in [6, 6.07) is 5.76. The molecule has 1 fully saturated rings. The Bertz CT molecular complexity index is 588. The Morgan fingerprint density at radius 3 is 2.25 bits per heavy atom. The molecule has 4 nitrogen and oxygen atoms in total. The van der Waals surface area contributed by atoms with Crippen molar-refractivity contribution >= 4 is 24.1 Å². The summed E-state index contributed by atoms with van der Waals surface area (Å²) < 4.78 is 17.3. The second-order valence-electron chi connectivity index (χ2n) is 6.24. The molecule has 1 saturated heterocycles. The Balaban J connectivity index is 1.99. The van der Waals surface area contributed by atoms with Gasteiger partial charge in [-0.2, -0.15) is 0 Å². The highest BCUT2D eigenvalue weighted by atomic mass is 16.7. The number of hydrogen-bond acceptors (Lipinski definition) is 4. The standard InChI is InChI=1S/C15H19BO4/c1-14(2)15(3,4)20-16(19-14)10-8-6-7-9-11(10)12(17)13(9)18-5/h6-8,17H,1-5H3. The van der Waals surface area contributed by atoms with Crippen LogP contribution in [0.25, 0.3) is 11.5 Å². The van der Waals surface area contributed by atoms with Gasteiger partial charge in [-0.25, -0.2) is 0 Å². The Labute approximate surface area is 119 Å². The lowest BCUT2D eigenvalue weighted by atomic mass is 9.71. The summed E-state index contributed by atoms with van der Waals surface area (Å²) in [5.41, 5.74) is 1.72. The predicted molar refractivity (Wildman–Crippen MR) is 78.6 cm³/mol. The summed E-state index contributed by atoms with van der Waals surface area (Å²) in [6.45, 7) is 8.05. The van der Waals surface area contributed by atoms with Crippen LogP contribution in [-0.2, 0) is 14.0 Å². The van der Waals surface area contributed by atoms with Crippen LogP contribution in [-0.4, -0.2) is 30.5 Å². The van der Waals surface area contributed by atoms with Gasteiger partial charge in [0.25, 0.3) is 0 Å². The van der Waals surface area contributed by atoms with Gasteiger partial charge >= 0.3 is 7.12 Å². The first-order valence-corrected chi connectivity index (χ1v) is 6.75. The van der Waals surface area contributed by atoms with Gasteiger partial charge in [-0.05, 0) is 33.2 Å². The lowest BCUT2D eigenvalue weighted by molar-refractivity contribution is 0.00578. The van der Waals surface area contributed by atoms with Gasteiger partial charge in [0.05, 0.1) is 18.3 Å². The minimum absolute atomic E-state index is 0.174. The first kappa shape index (κ1) is 13.5. The molecular weight excluding hydrogens is 255 g/mol.